The average Bonchev–Trinajstić information content (AvgIpc) is 2.96. The molecule has 1 aliphatic carbocycles. The SMILES string of the molecule is CC1(C)C2=CC=CC2=CNC1C(=O)OCc1ccccc1. The van der Waals surface area contributed by atoms with Gasteiger partial charge in [0.05, 0.1) is 0 Å². The molecule has 1 heterocycles. The van der Waals surface area contributed by atoms with Crippen molar-refractivity contribution in [2.24, 2.45) is 5.41 Å². The molecule has 1 aliphatic heterocycles. The summed E-state index contributed by atoms with van der Waals surface area (Å²) in [6.07, 6.45) is 8.04. The van der Waals surface area contributed by atoms with Gasteiger partial charge in [-0.25, -0.2) is 4.79 Å². The summed E-state index contributed by atoms with van der Waals surface area (Å²) in [5.41, 5.74) is 3.04. The van der Waals surface area contributed by atoms with Crippen LogP contribution in [0.15, 0.2) is 65.9 Å². The highest BCUT2D eigenvalue weighted by atomic mass is 16.5. The van der Waals surface area contributed by atoms with Crippen LogP contribution in [-0.4, -0.2) is 12.0 Å². The first-order valence-electron chi connectivity index (χ1n) is 7.15. The third-order valence-electron chi connectivity index (χ3n) is 4.13. The number of allylic oxidation sites excluding steroid dienone is 4. The van der Waals surface area contributed by atoms with E-state index in [-0.39, 0.29) is 17.4 Å². The van der Waals surface area contributed by atoms with Gasteiger partial charge >= 0.3 is 5.97 Å². The fourth-order valence-electron chi connectivity index (χ4n) is 2.86. The van der Waals surface area contributed by atoms with Gasteiger partial charge in [0.1, 0.15) is 12.6 Å². The third kappa shape index (κ3) is 2.51. The van der Waals surface area contributed by atoms with Gasteiger partial charge in [0.2, 0.25) is 0 Å². The number of rotatable bonds is 3. The van der Waals surface area contributed by atoms with Gasteiger partial charge in [-0.2, -0.15) is 0 Å². The van der Waals surface area contributed by atoms with Crippen molar-refractivity contribution in [2.45, 2.75) is 26.5 Å². The Bertz CT molecular complexity index is 638. The van der Waals surface area contributed by atoms with Crippen LogP contribution in [0.2, 0.25) is 0 Å². The minimum atomic E-state index is -0.365. The van der Waals surface area contributed by atoms with Crippen LogP contribution in [-0.2, 0) is 16.1 Å². The monoisotopic (exact) mass is 281 g/mol. The molecule has 1 unspecified atom stereocenters. The molecule has 0 aromatic heterocycles. The van der Waals surface area contributed by atoms with Crippen molar-refractivity contribution in [3.63, 3.8) is 0 Å². The average molecular weight is 281 g/mol. The van der Waals surface area contributed by atoms with E-state index in [1.54, 1.807) is 0 Å². The first-order chi connectivity index (χ1) is 10.1. The fraction of sp³-hybridized carbons (Fsp3) is 0.278. The number of nitrogens with one attached hydrogen (secondary N) is 1. The van der Waals surface area contributed by atoms with Crippen LogP contribution in [0.1, 0.15) is 19.4 Å². The molecule has 108 valence electrons. The zero-order chi connectivity index (χ0) is 14.9. The van der Waals surface area contributed by atoms with E-state index in [1.807, 2.05) is 42.6 Å². The second-order valence-electron chi connectivity index (χ2n) is 5.95. The molecule has 1 N–H and O–H groups in total. The zero-order valence-corrected chi connectivity index (χ0v) is 12.3. The van der Waals surface area contributed by atoms with E-state index in [1.165, 1.54) is 5.57 Å². The number of fused-ring (bicyclic) bond motifs is 1. The van der Waals surface area contributed by atoms with Gasteiger partial charge in [-0.1, -0.05) is 62.4 Å². The van der Waals surface area contributed by atoms with Crippen LogP contribution in [0.25, 0.3) is 0 Å². The number of carbonyl (C=O) groups excluding carboxylic acids is 1. The summed E-state index contributed by atoms with van der Waals surface area (Å²) in [5, 5.41) is 3.19. The van der Waals surface area contributed by atoms with Crippen LogP contribution in [0, 0.1) is 5.41 Å². The molecule has 1 atom stereocenters. The van der Waals surface area contributed by atoms with Crippen LogP contribution in [0.4, 0.5) is 0 Å². The van der Waals surface area contributed by atoms with Crippen molar-refractivity contribution >= 4 is 5.97 Å². The van der Waals surface area contributed by atoms with Crippen molar-refractivity contribution in [3.05, 3.63) is 71.5 Å². The van der Waals surface area contributed by atoms with Gasteiger partial charge in [-0.3, -0.25) is 0 Å². The zero-order valence-electron chi connectivity index (χ0n) is 12.3. The summed E-state index contributed by atoms with van der Waals surface area (Å²) in [6, 6.07) is 9.37. The highest BCUT2D eigenvalue weighted by Crippen LogP contribution is 2.41. The van der Waals surface area contributed by atoms with Crippen LogP contribution < -0.4 is 5.32 Å². The Morgan fingerprint density at radius 3 is 2.81 bits per heavy atom. The van der Waals surface area contributed by atoms with Gasteiger partial charge in [0.25, 0.3) is 0 Å². The molecule has 1 aromatic rings. The number of benzene rings is 1. The van der Waals surface area contributed by atoms with E-state index in [0.717, 1.165) is 11.1 Å². The number of esters is 1. The first-order valence-corrected chi connectivity index (χ1v) is 7.15. The van der Waals surface area contributed by atoms with Gasteiger partial charge in [-0.15, -0.1) is 0 Å². The topological polar surface area (TPSA) is 38.3 Å². The Balaban J connectivity index is 1.71. The lowest BCUT2D eigenvalue weighted by Gasteiger charge is -2.38. The maximum Gasteiger partial charge on any atom is 0.329 e. The number of hydrogen-bond donors (Lipinski definition) is 1. The molecule has 0 spiro atoms. The van der Waals surface area contributed by atoms with Gasteiger partial charge in [0, 0.05) is 11.6 Å². The lowest BCUT2D eigenvalue weighted by atomic mass is 9.73. The second kappa shape index (κ2) is 5.24. The highest BCUT2D eigenvalue weighted by molar-refractivity contribution is 5.79. The van der Waals surface area contributed by atoms with Gasteiger partial charge in [-0.05, 0) is 16.7 Å². The smallest absolute Gasteiger partial charge is 0.329 e. The first kappa shape index (κ1) is 13.7. The Morgan fingerprint density at radius 1 is 1.29 bits per heavy atom. The molecule has 0 bridgehead atoms. The predicted molar refractivity (Wildman–Crippen MR) is 82.2 cm³/mol. The Kier molecular flexibility index (Phi) is 3.42. The number of hydrogen-bond acceptors (Lipinski definition) is 3. The van der Waals surface area contributed by atoms with E-state index < -0.39 is 0 Å². The van der Waals surface area contributed by atoms with E-state index in [9.17, 15) is 4.79 Å². The largest absolute Gasteiger partial charge is 0.459 e. The summed E-state index contributed by atoms with van der Waals surface area (Å²) < 4.78 is 5.47. The lowest BCUT2D eigenvalue weighted by molar-refractivity contribution is -0.149. The van der Waals surface area contributed by atoms with E-state index in [0.29, 0.717) is 6.61 Å². The van der Waals surface area contributed by atoms with E-state index >= 15 is 0 Å². The summed E-state index contributed by atoms with van der Waals surface area (Å²) in [6.45, 7) is 4.45. The molecule has 0 saturated heterocycles. The molecule has 0 radical (unpaired) electrons. The van der Waals surface area contributed by atoms with Gasteiger partial charge < -0.3 is 10.1 Å². The minimum absolute atomic E-state index is 0.216. The molecule has 0 saturated carbocycles. The normalized spacial score (nSPS) is 21.9. The molecule has 3 rings (SSSR count). The van der Waals surface area contributed by atoms with Crippen molar-refractivity contribution in [1.29, 1.82) is 0 Å². The molecular formula is C18H19NO2. The molecular weight excluding hydrogens is 262 g/mol. The predicted octanol–water partition coefficient (Wildman–Crippen LogP) is 3.11. The quantitative estimate of drug-likeness (QED) is 0.865. The molecule has 0 fully saturated rings. The highest BCUT2D eigenvalue weighted by Gasteiger charge is 2.42. The molecule has 1 aromatic carbocycles. The summed E-state index contributed by atoms with van der Waals surface area (Å²) in [4.78, 5) is 12.4. The standard InChI is InChI=1S/C18H19NO2/c1-18(2)15-10-6-9-14(15)11-19-16(18)17(20)21-12-13-7-4-3-5-8-13/h3-11,16,19H,12H2,1-2H3. The van der Waals surface area contributed by atoms with Crippen molar-refractivity contribution in [2.75, 3.05) is 0 Å². The van der Waals surface area contributed by atoms with Crippen molar-refractivity contribution in [1.82, 2.24) is 5.32 Å². The second-order valence-corrected chi connectivity index (χ2v) is 5.95. The van der Waals surface area contributed by atoms with E-state index in [2.05, 4.69) is 31.3 Å². The lowest BCUT2D eigenvalue weighted by Crippen LogP contribution is -2.50. The summed E-state index contributed by atoms with van der Waals surface area (Å²) in [7, 11) is 0. The van der Waals surface area contributed by atoms with Crippen molar-refractivity contribution < 1.29 is 9.53 Å². The number of ether oxygens (including phenoxy) is 1. The molecule has 3 heteroatoms. The van der Waals surface area contributed by atoms with Crippen LogP contribution in [0.3, 0.4) is 0 Å². The Morgan fingerprint density at radius 2 is 2.05 bits per heavy atom. The van der Waals surface area contributed by atoms with E-state index in [4.69, 9.17) is 4.74 Å². The molecule has 21 heavy (non-hydrogen) atoms. The third-order valence-corrected chi connectivity index (χ3v) is 4.13. The maximum atomic E-state index is 12.4. The van der Waals surface area contributed by atoms with Crippen LogP contribution >= 0.6 is 0 Å². The van der Waals surface area contributed by atoms with Crippen LogP contribution in [0.5, 0.6) is 0 Å². The van der Waals surface area contributed by atoms with Gasteiger partial charge in [0.15, 0.2) is 0 Å². The minimum Gasteiger partial charge on any atom is -0.459 e. The maximum absolute atomic E-state index is 12.4. The summed E-state index contributed by atoms with van der Waals surface area (Å²) >= 11 is 0. The Hall–Kier alpha value is -2.29. The number of carbonyl (C=O) groups is 1. The summed E-state index contributed by atoms with van der Waals surface area (Å²) in [5.74, 6) is -0.216. The fourth-order valence-corrected chi connectivity index (χ4v) is 2.86. The molecule has 0 amide bonds. The Labute approximate surface area is 125 Å². The van der Waals surface area contributed by atoms with Crippen molar-refractivity contribution in [3.8, 4) is 0 Å². The molecule has 3 nitrogen and oxygen atoms in total. The molecule has 2 aliphatic rings.